The predicted molar refractivity (Wildman–Crippen MR) is 94.6 cm³/mol. The number of rotatable bonds is 4. The summed E-state index contributed by atoms with van der Waals surface area (Å²) in [7, 11) is 0. The number of nitrogens with zero attached hydrogens (tertiary/aromatic N) is 1. The van der Waals surface area contributed by atoms with Crippen LogP contribution in [0.2, 0.25) is 0 Å². The smallest absolute Gasteiger partial charge is 0.334 e. The lowest BCUT2D eigenvalue weighted by Gasteiger charge is -2.26. The maximum absolute atomic E-state index is 12.5. The minimum Gasteiger partial charge on any atom is -0.464 e. The molecular formula is C21H17NO3. The standard InChI is InChI=1S/C21H17NO3/c1-2-24-20(23)21(15-22)13-18(16-9-5-3-6-10-16)25-19(14-21)17-11-7-4-8-12-17/h3-14H,2H2,1H3. The van der Waals surface area contributed by atoms with Gasteiger partial charge in [-0.25, -0.2) is 4.79 Å². The second-order valence-corrected chi connectivity index (χ2v) is 5.55. The highest BCUT2D eigenvalue weighted by Gasteiger charge is 2.41. The molecule has 1 heterocycles. The summed E-state index contributed by atoms with van der Waals surface area (Å²) in [5.41, 5.74) is 0.0471. The second-order valence-electron chi connectivity index (χ2n) is 5.55. The lowest BCUT2D eigenvalue weighted by molar-refractivity contribution is -0.147. The zero-order valence-electron chi connectivity index (χ0n) is 13.8. The third-order valence-electron chi connectivity index (χ3n) is 3.85. The first kappa shape index (κ1) is 16.5. The molecule has 0 saturated heterocycles. The first-order valence-corrected chi connectivity index (χ1v) is 8.01. The number of benzene rings is 2. The third kappa shape index (κ3) is 3.31. The topological polar surface area (TPSA) is 59.3 Å². The summed E-state index contributed by atoms with van der Waals surface area (Å²) in [5.74, 6) is 0.302. The third-order valence-corrected chi connectivity index (χ3v) is 3.85. The largest absolute Gasteiger partial charge is 0.464 e. The van der Waals surface area contributed by atoms with Crippen LogP contribution in [0.25, 0.3) is 11.5 Å². The second kappa shape index (κ2) is 7.06. The molecule has 0 aliphatic carbocycles. The van der Waals surface area contributed by atoms with E-state index in [0.29, 0.717) is 11.5 Å². The zero-order valence-corrected chi connectivity index (χ0v) is 13.8. The van der Waals surface area contributed by atoms with Gasteiger partial charge in [0.2, 0.25) is 0 Å². The van der Waals surface area contributed by atoms with Crippen LogP contribution in [0.15, 0.2) is 72.8 Å². The molecule has 0 saturated carbocycles. The molecule has 4 nitrogen and oxygen atoms in total. The quantitative estimate of drug-likeness (QED) is 0.789. The van der Waals surface area contributed by atoms with Gasteiger partial charge >= 0.3 is 5.97 Å². The summed E-state index contributed by atoms with van der Waals surface area (Å²) in [5, 5.41) is 9.77. The van der Waals surface area contributed by atoms with Gasteiger partial charge in [-0.2, -0.15) is 5.26 Å². The van der Waals surface area contributed by atoms with Crippen LogP contribution in [0, 0.1) is 16.7 Å². The van der Waals surface area contributed by atoms with Gasteiger partial charge < -0.3 is 9.47 Å². The summed E-state index contributed by atoms with van der Waals surface area (Å²) in [6.07, 6.45) is 3.04. The van der Waals surface area contributed by atoms with Crippen molar-refractivity contribution in [3.63, 3.8) is 0 Å². The van der Waals surface area contributed by atoms with Gasteiger partial charge in [-0.05, 0) is 19.1 Å². The number of ether oxygens (including phenoxy) is 2. The van der Waals surface area contributed by atoms with Gasteiger partial charge in [0.1, 0.15) is 11.5 Å². The van der Waals surface area contributed by atoms with Crippen molar-refractivity contribution in [3.05, 3.63) is 83.9 Å². The molecule has 25 heavy (non-hydrogen) atoms. The Morgan fingerprint density at radius 3 is 1.88 bits per heavy atom. The molecule has 0 atom stereocenters. The van der Waals surface area contributed by atoms with E-state index in [2.05, 4.69) is 6.07 Å². The van der Waals surface area contributed by atoms with Crippen molar-refractivity contribution in [2.75, 3.05) is 6.61 Å². The van der Waals surface area contributed by atoms with Crippen LogP contribution in [-0.4, -0.2) is 12.6 Å². The first-order chi connectivity index (χ1) is 12.2. The fraction of sp³-hybridized carbons (Fsp3) is 0.143. The molecule has 0 spiro atoms. The monoisotopic (exact) mass is 331 g/mol. The molecule has 124 valence electrons. The molecule has 1 aliphatic rings. The molecule has 0 amide bonds. The average Bonchev–Trinajstić information content (AvgIpc) is 2.69. The number of hydrogen-bond donors (Lipinski definition) is 0. The average molecular weight is 331 g/mol. The van der Waals surface area contributed by atoms with Crippen LogP contribution in [0.3, 0.4) is 0 Å². The molecule has 4 heteroatoms. The van der Waals surface area contributed by atoms with Crippen LogP contribution < -0.4 is 0 Å². The Balaban J connectivity index is 2.13. The van der Waals surface area contributed by atoms with E-state index in [0.717, 1.165) is 11.1 Å². The molecule has 0 fully saturated rings. The number of carbonyl (C=O) groups excluding carboxylic acids is 1. The van der Waals surface area contributed by atoms with Crippen LogP contribution in [-0.2, 0) is 14.3 Å². The summed E-state index contributed by atoms with van der Waals surface area (Å²) < 4.78 is 11.1. The molecule has 0 unspecified atom stereocenters. The number of nitriles is 1. The van der Waals surface area contributed by atoms with Crippen LogP contribution >= 0.6 is 0 Å². The van der Waals surface area contributed by atoms with Crippen molar-refractivity contribution < 1.29 is 14.3 Å². The van der Waals surface area contributed by atoms with E-state index in [-0.39, 0.29) is 6.61 Å². The minimum absolute atomic E-state index is 0.201. The van der Waals surface area contributed by atoms with Crippen LogP contribution in [0.4, 0.5) is 0 Å². The van der Waals surface area contributed by atoms with E-state index < -0.39 is 11.4 Å². The molecule has 0 N–H and O–H groups in total. The summed E-state index contributed by atoms with van der Waals surface area (Å²) in [4.78, 5) is 12.5. The summed E-state index contributed by atoms with van der Waals surface area (Å²) >= 11 is 0. The summed E-state index contributed by atoms with van der Waals surface area (Å²) in [6.45, 7) is 1.91. The molecular weight excluding hydrogens is 314 g/mol. The van der Waals surface area contributed by atoms with Crippen molar-refractivity contribution in [2.24, 2.45) is 5.41 Å². The van der Waals surface area contributed by atoms with Crippen molar-refractivity contribution in [1.29, 1.82) is 5.26 Å². The Hall–Kier alpha value is -3.32. The highest BCUT2D eigenvalue weighted by molar-refractivity contribution is 5.91. The van der Waals surface area contributed by atoms with Gasteiger partial charge in [-0.15, -0.1) is 0 Å². The van der Waals surface area contributed by atoms with Gasteiger partial charge in [-0.1, -0.05) is 60.7 Å². The van der Waals surface area contributed by atoms with Gasteiger partial charge in [-0.3, -0.25) is 0 Å². The van der Waals surface area contributed by atoms with E-state index in [4.69, 9.17) is 9.47 Å². The number of hydrogen-bond acceptors (Lipinski definition) is 4. The molecule has 0 aromatic heterocycles. The highest BCUT2D eigenvalue weighted by Crippen LogP contribution is 2.39. The summed E-state index contributed by atoms with van der Waals surface area (Å²) in [6, 6.07) is 20.8. The predicted octanol–water partition coefficient (Wildman–Crippen LogP) is 4.17. The molecule has 0 radical (unpaired) electrons. The lowest BCUT2D eigenvalue weighted by Crippen LogP contribution is -2.30. The zero-order chi connectivity index (χ0) is 17.7. The van der Waals surface area contributed by atoms with Crippen molar-refractivity contribution in [3.8, 4) is 6.07 Å². The van der Waals surface area contributed by atoms with Crippen LogP contribution in [0.5, 0.6) is 0 Å². The Bertz CT molecular complexity index is 806. The van der Waals surface area contributed by atoms with E-state index >= 15 is 0 Å². The fourth-order valence-corrected chi connectivity index (χ4v) is 2.60. The van der Waals surface area contributed by atoms with Gasteiger partial charge in [0.05, 0.1) is 12.7 Å². The normalized spacial score (nSPS) is 15.2. The van der Waals surface area contributed by atoms with Gasteiger partial charge in [0.15, 0.2) is 5.41 Å². The van der Waals surface area contributed by atoms with Crippen LogP contribution in [0.1, 0.15) is 18.1 Å². The van der Waals surface area contributed by atoms with Crippen molar-refractivity contribution in [1.82, 2.24) is 0 Å². The molecule has 3 rings (SSSR count). The Labute approximate surface area is 146 Å². The maximum atomic E-state index is 12.5. The van der Waals surface area contributed by atoms with Crippen molar-refractivity contribution >= 4 is 17.5 Å². The highest BCUT2D eigenvalue weighted by atomic mass is 16.5. The SMILES string of the molecule is CCOC(=O)C1(C#N)C=C(c2ccccc2)OC(c2ccccc2)=C1. The number of carbonyl (C=O) groups is 1. The molecule has 2 aromatic rings. The Morgan fingerprint density at radius 2 is 1.48 bits per heavy atom. The molecule has 2 aromatic carbocycles. The van der Waals surface area contributed by atoms with Gasteiger partial charge in [0, 0.05) is 11.1 Å². The van der Waals surface area contributed by atoms with E-state index in [1.54, 1.807) is 6.92 Å². The lowest BCUT2D eigenvalue weighted by atomic mass is 9.85. The van der Waals surface area contributed by atoms with Crippen molar-refractivity contribution in [2.45, 2.75) is 6.92 Å². The van der Waals surface area contributed by atoms with E-state index in [1.165, 1.54) is 12.2 Å². The van der Waals surface area contributed by atoms with E-state index in [9.17, 15) is 10.1 Å². The Kier molecular flexibility index (Phi) is 4.67. The van der Waals surface area contributed by atoms with Gasteiger partial charge in [0.25, 0.3) is 0 Å². The molecule has 1 aliphatic heterocycles. The Morgan fingerprint density at radius 1 is 1.00 bits per heavy atom. The number of esters is 1. The molecule has 0 bridgehead atoms. The maximum Gasteiger partial charge on any atom is 0.334 e. The minimum atomic E-state index is -1.52. The fourth-order valence-electron chi connectivity index (χ4n) is 2.60. The van der Waals surface area contributed by atoms with E-state index in [1.807, 2.05) is 60.7 Å². The first-order valence-electron chi connectivity index (χ1n) is 8.01.